The lowest BCUT2D eigenvalue weighted by Crippen LogP contribution is -2.17. The summed E-state index contributed by atoms with van der Waals surface area (Å²) in [6.45, 7) is 1.14. The first-order valence-corrected chi connectivity index (χ1v) is 7.43. The van der Waals surface area contributed by atoms with Gasteiger partial charge in [0, 0.05) is 12.2 Å². The second kappa shape index (κ2) is 6.20. The molecule has 3 heteroatoms. The number of nitrogens with one attached hydrogen (secondary N) is 1. The second-order valence-corrected chi connectivity index (χ2v) is 5.54. The van der Waals surface area contributed by atoms with Crippen LogP contribution in [0.15, 0.2) is 24.5 Å². The van der Waals surface area contributed by atoms with E-state index >= 15 is 0 Å². The third-order valence-electron chi connectivity index (χ3n) is 3.96. The van der Waals surface area contributed by atoms with Gasteiger partial charge in [0.05, 0.1) is 12.3 Å². The van der Waals surface area contributed by atoms with Crippen LogP contribution in [0.25, 0.3) is 6.08 Å². The van der Waals surface area contributed by atoms with Gasteiger partial charge in [-0.2, -0.15) is 0 Å². The van der Waals surface area contributed by atoms with E-state index in [1.54, 1.807) is 0 Å². The minimum atomic E-state index is 0.400. The van der Waals surface area contributed by atoms with Crippen molar-refractivity contribution in [2.75, 3.05) is 6.54 Å². The van der Waals surface area contributed by atoms with Crippen molar-refractivity contribution >= 4 is 6.08 Å². The van der Waals surface area contributed by atoms with Crippen molar-refractivity contribution < 1.29 is 4.74 Å². The Hall–Kier alpha value is -1.35. The molecule has 1 N–H and O–H groups in total. The number of hydrogen-bond acceptors (Lipinski definition) is 3. The molecule has 1 aliphatic heterocycles. The van der Waals surface area contributed by atoms with Crippen LogP contribution < -0.4 is 10.1 Å². The Morgan fingerprint density at radius 3 is 2.84 bits per heavy atom. The first-order chi connectivity index (χ1) is 9.40. The summed E-state index contributed by atoms with van der Waals surface area (Å²) in [4.78, 5) is 4.28. The number of ether oxygens (including phenoxy) is 1. The fraction of sp³-hybridized carbons (Fsp3) is 0.562. The summed E-state index contributed by atoms with van der Waals surface area (Å²) in [6.07, 6.45) is 16.0. The highest BCUT2D eigenvalue weighted by Gasteiger charge is 2.16. The van der Waals surface area contributed by atoms with Crippen LogP contribution in [0.1, 0.15) is 44.1 Å². The largest absolute Gasteiger partial charge is 0.489 e. The summed E-state index contributed by atoms with van der Waals surface area (Å²) in [7, 11) is 0. The summed E-state index contributed by atoms with van der Waals surface area (Å²) >= 11 is 0. The van der Waals surface area contributed by atoms with Gasteiger partial charge in [0.25, 0.3) is 0 Å². The molecule has 3 nitrogen and oxygen atoms in total. The zero-order valence-electron chi connectivity index (χ0n) is 11.3. The van der Waals surface area contributed by atoms with E-state index in [4.69, 9.17) is 4.74 Å². The van der Waals surface area contributed by atoms with E-state index in [1.165, 1.54) is 38.5 Å². The smallest absolute Gasteiger partial charge is 0.138 e. The molecule has 1 unspecified atom stereocenters. The zero-order valence-corrected chi connectivity index (χ0v) is 11.3. The summed E-state index contributed by atoms with van der Waals surface area (Å²) in [5.41, 5.74) is 1.13. The molecule has 19 heavy (non-hydrogen) atoms. The lowest BCUT2D eigenvalue weighted by molar-refractivity contribution is 0.209. The Kier molecular flexibility index (Phi) is 4.13. The highest BCUT2D eigenvalue weighted by molar-refractivity contribution is 5.50. The topological polar surface area (TPSA) is 34.2 Å². The molecule has 2 aliphatic rings. The summed E-state index contributed by atoms with van der Waals surface area (Å²) < 4.78 is 5.98. The minimum absolute atomic E-state index is 0.400. The van der Waals surface area contributed by atoms with Crippen LogP contribution in [0.5, 0.6) is 5.75 Å². The second-order valence-electron chi connectivity index (χ2n) is 5.54. The van der Waals surface area contributed by atoms with E-state index in [0.717, 1.165) is 17.9 Å². The predicted molar refractivity (Wildman–Crippen MR) is 77.2 cm³/mol. The molecule has 1 saturated heterocycles. The van der Waals surface area contributed by atoms with Crippen LogP contribution in [-0.2, 0) is 0 Å². The first kappa shape index (κ1) is 12.7. The van der Waals surface area contributed by atoms with Crippen LogP contribution in [0, 0.1) is 0 Å². The number of pyridine rings is 1. The molecular weight excluding hydrogens is 236 g/mol. The van der Waals surface area contributed by atoms with Crippen LogP contribution in [0.4, 0.5) is 0 Å². The van der Waals surface area contributed by atoms with Crippen LogP contribution in [0.3, 0.4) is 0 Å². The van der Waals surface area contributed by atoms with Gasteiger partial charge in [0.15, 0.2) is 0 Å². The lowest BCUT2D eigenvalue weighted by atomic mass is 10.2. The predicted octanol–water partition coefficient (Wildman–Crippen LogP) is 3.17. The molecule has 0 spiro atoms. The molecule has 0 amide bonds. The van der Waals surface area contributed by atoms with E-state index in [-0.39, 0.29) is 0 Å². The quantitative estimate of drug-likeness (QED) is 0.900. The number of nitrogens with zero attached hydrogens (tertiary/aromatic N) is 1. The Balaban J connectivity index is 1.61. The molecule has 1 aromatic heterocycles. The third kappa shape index (κ3) is 3.57. The number of hydrogen-bond donors (Lipinski definition) is 1. The normalized spacial score (nSPS) is 24.3. The molecule has 102 valence electrons. The van der Waals surface area contributed by atoms with Gasteiger partial charge >= 0.3 is 0 Å². The molecule has 1 saturated carbocycles. The van der Waals surface area contributed by atoms with Gasteiger partial charge in [-0.1, -0.05) is 12.2 Å². The molecule has 1 atom stereocenters. The Bertz CT molecular complexity index is 432. The first-order valence-electron chi connectivity index (χ1n) is 7.43. The van der Waals surface area contributed by atoms with Crippen molar-refractivity contribution in [3.8, 4) is 5.75 Å². The average molecular weight is 258 g/mol. The van der Waals surface area contributed by atoms with E-state index in [9.17, 15) is 0 Å². The van der Waals surface area contributed by atoms with E-state index in [1.807, 2.05) is 12.4 Å². The SMILES string of the molecule is C(=C\C1CCCN1)/c1cncc(OC2CCCC2)c1. The maximum absolute atomic E-state index is 5.98. The van der Waals surface area contributed by atoms with Gasteiger partial charge in [-0.3, -0.25) is 4.98 Å². The molecule has 1 aliphatic carbocycles. The molecule has 2 fully saturated rings. The molecule has 2 heterocycles. The molecule has 0 bridgehead atoms. The van der Waals surface area contributed by atoms with Gasteiger partial charge in [-0.05, 0) is 56.7 Å². The third-order valence-corrected chi connectivity index (χ3v) is 3.96. The zero-order chi connectivity index (χ0) is 12.9. The van der Waals surface area contributed by atoms with E-state index in [0.29, 0.717) is 12.1 Å². The number of aromatic nitrogens is 1. The highest BCUT2D eigenvalue weighted by atomic mass is 16.5. The van der Waals surface area contributed by atoms with E-state index in [2.05, 4.69) is 28.5 Å². The standard InChI is InChI=1S/C16H22N2O/c1-2-6-15(5-1)19-16-10-13(11-17-12-16)7-8-14-4-3-9-18-14/h7-8,10-12,14-15,18H,1-6,9H2/b8-7+. The van der Waals surface area contributed by atoms with E-state index < -0.39 is 0 Å². The fourth-order valence-electron chi connectivity index (χ4n) is 2.89. The Morgan fingerprint density at radius 2 is 2.05 bits per heavy atom. The molecular formula is C16H22N2O. The van der Waals surface area contributed by atoms with Gasteiger partial charge in [-0.15, -0.1) is 0 Å². The van der Waals surface area contributed by atoms with Crippen molar-refractivity contribution in [2.24, 2.45) is 0 Å². The van der Waals surface area contributed by atoms with Crippen molar-refractivity contribution in [1.29, 1.82) is 0 Å². The summed E-state index contributed by atoms with van der Waals surface area (Å²) in [5.74, 6) is 0.911. The minimum Gasteiger partial charge on any atom is -0.489 e. The number of rotatable bonds is 4. The van der Waals surface area contributed by atoms with Crippen LogP contribution >= 0.6 is 0 Å². The van der Waals surface area contributed by atoms with Gasteiger partial charge in [0.2, 0.25) is 0 Å². The highest BCUT2D eigenvalue weighted by Crippen LogP contribution is 2.24. The molecule has 3 rings (SSSR count). The van der Waals surface area contributed by atoms with Crippen LogP contribution in [-0.4, -0.2) is 23.7 Å². The Labute approximate surface area is 115 Å². The summed E-state index contributed by atoms with van der Waals surface area (Å²) in [5, 5.41) is 3.46. The van der Waals surface area contributed by atoms with Crippen molar-refractivity contribution in [3.05, 3.63) is 30.1 Å². The molecule has 0 aromatic carbocycles. The van der Waals surface area contributed by atoms with Crippen molar-refractivity contribution in [1.82, 2.24) is 10.3 Å². The van der Waals surface area contributed by atoms with Gasteiger partial charge < -0.3 is 10.1 Å². The molecule has 0 radical (unpaired) electrons. The molecule has 1 aromatic rings. The Morgan fingerprint density at radius 1 is 1.16 bits per heavy atom. The maximum atomic E-state index is 5.98. The van der Waals surface area contributed by atoms with Crippen molar-refractivity contribution in [3.63, 3.8) is 0 Å². The average Bonchev–Trinajstić information content (AvgIpc) is 3.10. The van der Waals surface area contributed by atoms with Crippen LogP contribution in [0.2, 0.25) is 0 Å². The van der Waals surface area contributed by atoms with Gasteiger partial charge in [0.1, 0.15) is 5.75 Å². The van der Waals surface area contributed by atoms with Gasteiger partial charge in [-0.25, -0.2) is 0 Å². The van der Waals surface area contributed by atoms with Crippen molar-refractivity contribution in [2.45, 2.75) is 50.7 Å². The monoisotopic (exact) mass is 258 g/mol. The summed E-state index contributed by atoms with van der Waals surface area (Å²) in [6, 6.07) is 2.62. The fourth-order valence-corrected chi connectivity index (χ4v) is 2.89. The maximum Gasteiger partial charge on any atom is 0.138 e. The lowest BCUT2D eigenvalue weighted by Gasteiger charge is -2.12.